The molecule has 0 bridgehead atoms. The number of hydrogen-bond donors (Lipinski definition) is 0. The molecule has 1 aromatic carbocycles. The van der Waals surface area contributed by atoms with Gasteiger partial charge in [0.2, 0.25) is 0 Å². The number of aromatic nitrogens is 1. The molecule has 0 N–H and O–H groups in total. The normalized spacial score (nSPS) is 11.6. The van der Waals surface area contributed by atoms with Gasteiger partial charge in [0.1, 0.15) is 0 Å². The molecule has 1 aromatic heterocycles. The lowest BCUT2D eigenvalue weighted by Crippen LogP contribution is -2.31. The van der Waals surface area contributed by atoms with E-state index in [0.717, 1.165) is 24.3 Å². The predicted octanol–water partition coefficient (Wildman–Crippen LogP) is 5.09. The number of pyridine rings is 1. The molecule has 1 heterocycles. The van der Waals surface area contributed by atoms with Gasteiger partial charge in [-0.25, -0.2) is 0 Å². The van der Waals surface area contributed by atoms with Gasteiger partial charge in [0, 0.05) is 24.2 Å². The van der Waals surface area contributed by atoms with Gasteiger partial charge in [-0.2, -0.15) is 0 Å². The molecule has 2 rings (SSSR count). The lowest BCUT2D eigenvalue weighted by atomic mass is 10.1. The molecule has 0 saturated carbocycles. The largest absolute Gasteiger partial charge is 0.370 e. The Hall–Kier alpha value is -1.28. The third-order valence-corrected chi connectivity index (χ3v) is 3.67. The van der Waals surface area contributed by atoms with Crippen molar-refractivity contribution in [2.75, 3.05) is 18.0 Å². The summed E-state index contributed by atoms with van der Waals surface area (Å²) < 4.78 is 0. The molecular formula is C18H25ClN2. The summed E-state index contributed by atoms with van der Waals surface area (Å²) in [5, 5.41) is 1.22. The van der Waals surface area contributed by atoms with Crippen LogP contribution >= 0.6 is 11.6 Å². The Bertz CT molecular complexity index is 583. The second-order valence-electron chi connectivity index (χ2n) is 6.48. The first-order valence-corrected chi connectivity index (χ1v) is 8.24. The smallest absolute Gasteiger partial charge is 0.0726 e. The number of fused-ring (bicyclic) bond motifs is 1. The molecule has 0 atom stereocenters. The fraction of sp³-hybridized carbons (Fsp3) is 0.500. The first kappa shape index (κ1) is 16.1. The molecule has 114 valence electrons. The van der Waals surface area contributed by atoms with Crippen molar-refractivity contribution in [3.63, 3.8) is 0 Å². The van der Waals surface area contributed by atoms with Crippen LogP contribution in [-0.4, -0.2) is 18.1 Å². The lowest BCUT2D eigenvalue weighted by molar-refractivity contribution is 0.553. The average molecular weight is 305 g/mol. The summed E-state index contributed by atoms with van der Waals surface area (Å²) in [6.45, 7) is 11.2. The lowest BCUT2D eigenvalue weighted by Gasteiger charge is -2.30. The van der Waals surface area contributed by atoms with E-state index in [0.29, 0.717) is 17.7 Å². The molecule has 21 heavy (non-hydrogen) atoms. The maximum Gasteiger partial charge on any atom is 0.0726 e. The highest BCUT2D eigenvalue weighted by atomic mass is 35.5. The molecule has 2 nitrogen and oxygen atoms in total. The van der Waals surface area contributed by atoms with E-state index in [1.807, 2.05) is 6.07 Å². The monoisotopic (exact) mass is 304 g/mol. The maximum atomic E-state index is 6.03. The minimum Gasteiger partial charge on any atom is -0.370 e. The Morgan fingerprint density at radius 2 is 1.67 bits per heavy atom. The van der Waals surface area contributed by atoms with Crippen molar-refractivity contribution in [1.29, 1.82) is 0 Å². The van der Waals surface area contributed by atoms with Gasteiger partial charge in [-0.15, -0.1) is 11.6 Å². The molecule has 0 aliphatic carbocycles. The van der Waals surface area contributed by atoms with Gasteiger partial charge in [0.05, 0.1) is 17.1 Å². The Balaban J connectivity index is 2.53. The number of nitrogens with zero attached hydrogens (tertiary/aromatic N) is 2. The Morgan fingerprint density at radius 1 is 1.05 bits per heavy atom. The van der Waals surface area contributed by atoms with E-state index in [2.05, 4.69) is 61.8 Å². The first-order valence-electron chi connectivity index (χ1n) is 7.70. The van der Waals surface area contributed by atoms with E-state index in [-0.39, 0.29) is 0 Å². The summed E-state index contributed by atoms with van der Waals surface area (Å²) in [4.78, 5) is 7.12. The van der Waals surface area contributed by atoms with Crippen LogP contribution in [0.5, 0.6) is 0 Å². The van der Waals surface area contributed by atoms with Gasteiger partial charge < -0.3 is 4.90 Å². The van der Waals surface area contributed by atoms with Crippen LogP contribution in [0.25, 0.3) is 10.9 Å². The number of halogens is 1. The molecular weight excluding hydrogens is 280 g/mol. The van der Waals surface area contributed by atoms with Crippen LogP contribution in [0.2, 0.25) is 0 Å². The van der Waals surface area contributed by atoms with E-state index in [9.17, 15) is 0 Å². The fourth-order valence-electron chi connectivity index (χ4n) is 2.69. The highest BCUT2D eigenvalue weighted by molar-refractivity contribution is 6.17. The van der Waals surface area contributed by atoms with Crippen LogP contribution in [-0.2, 0) is 5.88 Å². The molecule has 0 saturated heterocycles. The molecule has 0 amide bonds. The second-order valence-corrected chi connectivity index (χ2v) is 6.74. The zero-order valence-corrected chi connectivity index (χ0v) is 14.2. The third kappa shape index (κ3) is 4.10. The van der Waals surface area contributed by atoms with Crippen LogP contribution in [0, 0.1) is 11.8 Å². The molecule has 2 aromatic rings. The molecule has 0 aliphatic rings. The molecule has 0 unspecified atom stereocenters. The zero-order chi connectivity index (χ0) is 15.4. The van der Waals surface area contributed by atoms with Crippen LogP contribution in [0.4, 0.5) is 5.69 Å². The predicted molar refractivity (Wildman–Crippen MR) is 93.2 cm³/mol. The van der Waals surface area contributed by atoms with Crippen molar-refractivity contribution >= 4 is 28.2 Å². The minimum atomic E-state index is 0.453. The summed E-state index contributed by atoms with van der Waals surface area (Å²) in [6.07, 6.45) is 0. The van der Waals surface area contributed by atoms with Crippen molar-refractivity contribution in [3.8, 4) is 0 Å². The average Bonchev–Trinajstić information content (AvgIpc) is 2.44. The van der Waals surface area contributed by atoms with E-state index in [1.54, 1.807) is 0 Å². The summed E-state index contributed by atoms with van der Waals surface area (Å²) in [5.74, 6) is 1.69. The Morgan fingerprint density at radius 3 is 2.24 bits per heavy atom. The quantitative estimate of drug-likeness (QED) is 0.691. The van der Waals surface area contributed by atoms with Gasteiger partial charge in [0.15, 0.2) is 0 Å². The van der Waals surface area contributed by atoms with E-state index in [4.69, 9.17) is 11.6 Å². The standard InChI is InChI=1S/C18H25ClN2/c1-13(2)11-21(12-14(3)4)18-9-15(10-19)20-17-8-6-5-7-16(17)18/h5-9,13-14H,10-12H2,1-4H3. The molecule has 0 spiro atoms. The number of rotatable bonds is 6. The molecule has 3 heteroatoms. The Kier molecular flexibility index (Phi) is 5.46. The van der Waals surface area contributed by atoms with Crippen molar-refractivity contribution in [1.82, 2.24) is 4.98 Å². The highest BCUT2D eigenvalue weighted by Crippen LogP contribution is 2.28. The molecule has 0 fully saturated rings. The summed E-state index contributed by atoms with van der Waals surface area (Å²) in [6, 6.07) is 10.5. The summed E-state index contributed by atoms with van der Waals surface area (Å²) in [7, 11) is 0. The van der Waals surface area contributed by atoms with Crippen LogP contribution in [0.3, 0.4) is 0 Å². The maximum absolute atomic E-state index is 6.03. The van der Waals surface area contributed by atoms with Crippen LogP contribution in [0.15, 0.2) is 30.3 Å². The van der Waals surface area contributed by atoms with Gasteiger partial charge in [-0.1, -0.05) is 45.9 Å². The van der Waals surface area contributed by atoms with Gasteiger partial charge in [-0.05, 0) is 24.0 Å². The highest BCUT2D eigenvalue weighted by Gasteiger charge is 2.15. The summed E-state index contributed by atoms with van der Waals surface area (Å²) in [5.41, 5.74) is 3.24. The topological polar surface area (TPSA) is 16.1 Å². The SMILES string of the molecule is CC(C)CN(CC(C)C)c1cc(CCl)nc2ccccc12. The van der Waals surface area contributed by atoms with Crippen LogP contribution < -0.4 is 4.90 Å². The van der Waals surface area contributed by atoms with Crippen molar-refractivity contribution < 1.29 is 0 Å². The van der Waals surface area contributed by atoms with Crippen LogP contribution in [0.1, 0.15) is 33.4 Å². The number of benzene rings is 1. The minimum absolute atomic E-state index is 0.453. The fourth-order valence-corrected chi connectivity index (χ4v) is 2.83. The van der Waals surface area contributed by atoms with Gasteiger partial charge in [0.25, 0.3) is 0 Å². The van der Waals surface area contributed by atoms with E-state index in [1.165, 1.54) is 11.1 Å². The zero-order valence-electron chi connectivity index (χ0n) is 13.4. The van der Waals surface area contributed by atoms with Crippen molar-refractivity contribution in [2.24, 2.45) is 11.8 Å². The Labute approximate surface area is 133 Å². The van der Waals surface area contributed by atoms with E-state index >= 15 is 0 Å². The first-order chi connectivity index (χ1) is 10.0. The van der Waals surface area contributed by atoms with Gasteiger partial charge in [-0.3, -0.25) is 4.98 Å². The number of para-hydroxylation sites is 1. The molecule has 0 aliphatic heterocycles. The van der Waals surface area contributed by atoms with Crippen molar-refractivity contribution in [3.05, 3.63) is 36.0 Å². The number of anilines is 1. The van der Waals surface area contributed by atoms with E-state index < -0.39 is 0 Å². The third-order valence-electron chi connectivity index (χ3n) is 3.40. The number of hydrogen-bond acceptors (Lipinski definition) is 2. The van der Waals surface area contributed by atoms with Crippen molar-refractivity contribution in [2.45, 2.75) is 33.6 Å². The number of alkyl halides is 1. The molecule has 0 radical (unpaired) electrons. The van der Waals surface area contributed by atoms with Gasteiger partial charge >= 0.3 is 0 Å². The summed E-state index contributed by atoms with van der Waals surface area (Å²) >= 11 is 6.03. The second kappa shape index (κ2) is 7.13.